The van der Waals surface area contributed by atoms with Crippen LogP contribution in [0.25, 0.3) is 11.3 Å². The molecule has 1 aromatic heterocycles. The van der Waals surface area contributed by atoms with Crippen molar-refractivity contribution in [2.45, 2.75) is 12.3 Å². The SMILES string of the molecule is COc1cccc(-c2csc(CN3CCN(S(=O)(=O)Cc4ccccc4)CC3)n2)c1. The fourth-order valence-corrected chi connectivity index (χ4v) is 5.89. The van der Waals surface area contributed by atoms with Gasteiger partial charge in [0.05, 0.1) is 25.1 Å². The van der Waals surface area contributed by atoms with Crippen LogP contribution in [0.4, 0.5) is 0 Å². The van der Waals surface area contributed by atoms with E-state index in [2.05, 4.69) is 10.3 Å². The molecule has 4 rings (SSSR count). The Bertz CT molecular complexity index is 1080. The molecule has 0 atom stereocenters. The average molecular weight is 444 g/mol. The van der Waals surface area contributed by atoms with Gasteiger partial charge in [-0.3, -0.25) is 4.90 Å². The number of nitrogens with zero attached hydrogens (tertiary/aromatic N) is 3. The van der Waals surface area contributed by atoms with Crippen LogP contribution in [0, 0.1) is 0 Å². The van der Waals surface area contributed by atoms with E-state index < -0.39 is 10.0 Å². The molecule has 2 aromatic carbocycles. The summed E-state index contributed by atoms with van der Waals surface area (Å²) < 4.78 is 32.3. The molecule has 6 nitrogen and oxygen atoms in total. The zero-order chi connectivity index (χ0) is 21.0. The quantitative estimate of drug-likeness (QED) is 0.560. The van der Waals surface area contributed by atoms with E-state index in [-0.39, 0.29) is 5.75 Å². The second-order valence-corrected chi connectivity index (χ2v) is 10.2. The molecule has 0 radical (unpaired) electrons. The molecule has 1 fully saturated rings. The zero-order valence-corrected chi connectivity index (χ0v) is 18.5. The molecule has 0 unspecified atom stereocenters. The molecule has 8 heteroatoms. The molecule has 0 amide bonds. The normalized spacial score (nSPS) is 15.9. The van der Waals surface area contributed by atoms with Gasteiger partial charge >= 0.3 is 0 Å². The van der Waals surface area contributed by atoms with Gasteiger partial charge in [-0.2, -0.15) is 4.31 Å². The Balaban J connectivity index is 1.33. The number of hydrogen-bond acceptors (Lipinski definition) is 6. The molecule has 0 saturated carbocycles. The van der Waals surface area contributed by atoms with Gasteiger partial charge in [0, 0.05) is 37.1 Å². The predicted octanol–water partition coefficient (Wildman–Crippen LogP) is 3.47. The molecular weight excluding hydrogens is 418 g/mol. The first kappa shape index (κ1) is 21.0. The van der Waals surface area contributed by atoms with E-state index in [4.69, 9.17) is 9.72 Å². The number of benzene rings is 2. The number of methoxy groups -OCH3 is 1. The zero-order valence-electron chi connectivity index (χ0n) is 16.9. The third-order valence-electron chi connectivity index (χ3n) is 5.19. The summed E-state index contributed by atoms with van der Waals surface area (Å²) >= 11 is 1.63. The third-order valence-corrected chi connectivity index (χ3v) is 7.88. The maximum Gasteiger partial charge on any atom is 0.218 e. The summed E-state index contributed by atoms with van der Waals surface area (Å²) in [5.41, 5.74) is 2.81. The van der Waals surface area contributed by atoms with Crippen molar-refractivity contribution in [1.82, 2.24) is 14.2 Å². The van der Waals surface area contributed by atoms with Gasteiger partial charge in [0.25, 0.3) is 0 Å². The lowest BCUT2D eigenvalue weighted by Crippen LogP contribution is -2.48. The minimum atomic E-state index is -3.29. The highest BCUT2D eigenvalue weighted by Gasteiger charge is 2.27. The first-order valence-electron chi connectivity index (χ1n) is 9.86. The van der Waals surface area contributed by atoms with E-state index in [1.54, 1.807) is 22.8 Å². The summed E-state index contributed by atoms with van der Waals surface area (Å²) in [6, 6.07) is 17.2. The van der Waals surface area contributed by atoms with Crippen molar-refractivity contribution in [3.05, 3.63) is 70.5 Å². The van der Waals surface area contributed by atoms with Gasteiger partial charge < -0.3 is 4.74 Å². The van der Waals surface area contributed by atoms with Gasteiger partial charge in [0.1, 0.15) is 10.8 Å². The summed E-state index contributed by atoms with van der Waals surface area (Å²) in [7, 11) is -1.63. The maximum atomic E-state index is 12.7. The molecule has 2 heterocycles. The fourth-order valence-electron chi connectivity index (χ4n) is 3.53. The van der Waals surface area contributed by atoms with Crippen LogP contribution in [0.15, 0.2) is 60.0 Å². The predicted molar refractivity (Wildman–Crippen MR) is 120 cm³/mol. The summed E-state index contributed by atoms with van der Waals surface area (Å²) in [6.45, 7) is 3.19. The number of hydrogen-bond donors (Lipinski definition) is 0. The van der Waals surface area contributed by atoms with Crippen LogP contribution >= 0.6 is 11.3 Å². The van der Waals surface area contributed by atoms with Gasteiger partial charge in [0.2, 0.25) is 10.0 Å². The Morgan fingerprint density at radius 1 is 1.03 bits per heavy atom. The van der Waals surface area contributed by atoms with Gasteiger partial charge in [-0.25, -0.2) is 13.4 Å². The van der Waals surface area contributed by atoms with E-state index in [9.17, 15) is 8.42 Å². The molecule has 0 spiro atoms. The maximum absolute atomic E-state index is 12.7. The van der Waals surface area contributed by atoms with E-state index >= 15 is 0 Å². The molecule has 1 saturated heterocycles. The molecule has 1 aliphatic heterocycles. The van der Waals surface area contributed by atoms with Crippen molar-refractivity contribution in [2.75, 3.05) is 33.3 Å². The largest absolute Gasteiger partial charge is 0.497 e. The van der Waals surface area contributed by atoms with E-state index in [0.717, 1.165) is 34.1 Å². The van der Waals surface area contributed by atoms with Crippen LogP contribution < -0.4 is 4.74 Å². The molecule has 158 valence electrons. The molecule has 30 heavy (non-hydrogen) atoms. The van der Waals surface area contributed by atoms with Gasteiger partial charge in [-0.05, 0) is 17.7 Å². The topological polar surface area (TPSA) is 62.7 Å². The monoisotopic (exact) mass is 443 g/mol. The molecule has 1 aliphatic rings. The highest BCUT2D eigenvalue weighted by Crippen LogP contribution is 2.26. The van der Waals surface area contributed by atoms with Gasteiger partial charge in [-0.1, -0.05) is 42.5 Å². The minimum absolute atomic E-state index is 0.0597. The number of aromatic nitrogens is 1. The smallest absolute Gasteiger partial charge is 0.218 e. The first-order valence-corrected chi connectivity index (χ1v) is 12.4. The molecule has 0 N–H and O–H groups in total. The Labute approximate surface area is 181 Å². The lowest BCUT2D eigenvalue weighted by atomic mass is 10.2. The van der Waals surface area contributed by atoms with E-state index in [0.29, 0.717) is 26.2 Å². The average Bonchev–Trinajstić information content (AvgIpc) is 3.23. The number of piperazine rings is 1. The Morgan fingerprint density at radius 3 is 2.53 bits per heavy atom. The summed E-state index contributed by atoms with van der Waals surface area (Å²) in [6.07, 6.45) is 0. The summed E-state index contributed by atoms with van der Waals surface area (Å²) in [5.74, 6) is 0.874. The second-order valence-electron chi connectivity index (χ2n) is 7.28. The Hall–Kier alpha value is -2.26. The summed E-state index contributed by atoms with van der Waals surface area (Å²) in [5, 5.41) is 3.10. The van der Waals surface area contributed by atoms with Crippen LogP contribution in [0.3, 0.4) is 0 Å². The van der Waals surface area contributed by atoms with E-state index in [1.165, 1.54) is 0 Å². The van der Waals surface area contributed by atoms with Crippen molar-refractivity contribution >= 4 is 21.4 Å². The van der Waals surface area contributed by atoms with Crippen LogP contribution in [-0.4, -0.2) is 55.9 Å². The van der Waals surface area contributed by atoms with Crippen LogP contribution in [-0.2, 0) is 22.3 Å². The minimum Gasteiger partial charge on any atom is -0.497 e. The van der Waals surface area contributed by atoms with Crippen molar-refractivity contribution < 1.29 is 13.2 Å². The van der Waals surface area contributed by atoms with Crippen LogP contribution in [0.2, 0.25) is 0 Å². The standard InChI is InChI=1S/C22H25N3O3S2/c1-28-20-9-5-8-19(14-20)21-16-29-22(23-21)15-24-10-12-25(13-11-24)30(26,27)17-18-6-3-2-4-7-18/h2-9,14,16H,10-13,15,17H2,1H3. The van der Waals surface area contributed by atoms with Gasteiger partial charge in [-0.15, -0.1) is 11.3 Å². The Morgan fingerprint density at radius 2 is 1.80 bits per heavy atom. The third kappa shape index (κ3) is 5.07. The number of ether oxygens (including phenoxy) is 1. The highest BCUT2D eigenvalue weighted by atomic mass is 32.2. The molecule has 0 bridgehead atoms. The second kappa shape index (κ2) is 9.26. The van der Waals surface area contributed by atoms with Crippen molar-refractivity contribution in [1.29, 1.82) is 0 Å². The molecule has 0 aliphatic carbocycles. The van der Waals surface area contributed by atoms with Gasteiger partial charge in [0.15, 0.2) is 0 Å². The van der Waals surface area contributed by atoms with Crippen molar-refractivity contribution in [3.8, 4) is 17.0 Å². The fraction of sp³-hybridized carbons (Fsp3) is 0.318. The number of thiazole rings is 1. The molecule has 3 aromatic rings. The lowest BCUT2D eigenvalue weighted by molar-refractivity contribution is 0.181. The van der Waals surface area contributed by atoms with Crippen molar-refractivity contribution in [2.24, 2.45) is 0 Å². The summed E-state index contributed by atoms with van der Waals surface area (Å²) in [4.78, 5) is 7.03. The Kier molecular flexibility index (Phi) is 6.48. The van der Waals surface area contributed by atoms with E-state index in [1.807, 2.05) is 54.6 Å². The number of rotatable bonds is 7. The lowest BCUT2D eigenvalue weighted by Gasteiger charge is -2.33. The van der Waals surface area contributed by atoms with Crippen LogP contribution in [0.1, 0.15) is 10.6 Å². The number of sulfonamides is 1. The molecular formula is C22H25N3O3S2. The van der Waals surface area contributed by atoms with Crippen molar-refractivity contribution in [3.63, 3.8) is 0 Å². The van der Waals surface area contributed by atoms with Crippen LogP contribution in [0.5, 0.6) is 5.75 Å². The highest BCUT2D eigenvalue weighted by molar-refractivity contribution is 7.88. The first-order chi connectivity index (χ1) is 14.5.